The zero-order valence-corrected chi connectivity index (χ0v) is 9.27. The number of rotatable bonds is 4. The summed E-state index contributed by atoms with van der Waals surface area (Å²) >= 11 is 0. The molecule has 0 bridgehead atoms. The van der Waals surface area contributed by atoms with E-state index in [2.05, 4.69) is 4.98 Å². The smallest absolute Gasteiger partial charge is 0.341 e. The molecule has 0 aliphatic rings. The van der Waals surface area contributed by atoms with Crippen LogP contribution in [-0.4, -0.2) is 23.3 Å². The predicted molar refractivity (Wildman–Crippen MR) is 59.5 cm³/mol. The van der Waals surface area contributed by atoms with Crippen molar-refractivity contribution in [2.45, 2.75) is 13.8 Å². The number of ether oxygens (including phenoxy) is 1. The van der Waals surface area contributed by atoms with Crippen LogP contribution in [0.2, 0.25) is 0 Å². The molecule has 0 aromatic carbocycles. The molecule has 1 aromatic heterocycles. The molecule has 0 atom stereocenters. The van der Waals surface area contributed by atoms with Gasteiger partial charge in [-0.05, 0) is 31.6 Å². The summed E-state index contributed by atoms with van der Waals surface area (Å²) in [7, 11) is 0. The number of pyridine rings is 1. The highest BCUT2D eigenvalue weighted by Crippen LogP contribution is 2.08. The van der Waals surface area contributed by atoms with Gasteiger partial charge in [-0.25, -0.2) is 4.79 Å². The molecule has 1 aromatic rings. The van der Waals surface area contributed by atoms with E-state index in [0.29, 0.717) is 5.56 Å². The van der Waals surface area contributed by atoms with Crippen LogP contribution in [0, 0.1) is 0 Å². The molecule has 1 heterocycles. The summed E-state index contributed by atoms with van der Waals surface area (Å²) in [6.07, 6.45) is 4.67. The minimum Gasteiger partial charge on any atom is -0.462 e. The van der Waals surface area contributed by atoms with Gasteiger partial charge in [0, 0.05) is 12.4 Å². The number of hydrogen-bond donors (Lipinski definition) is 0. The van der Waals surface area contributed by atoms with E-state index in [1.165, 1.54) is 13.0 Å². The van der Waals surface area contributed by atoms with Gasteiger partial charge < -0.3 is 4.74 Å². The number of esters is 1. The summed E-state index contributed by atoms with van der Waals surface area (Å²) in [5.74, 6) is -0.916. The standard InChI is InChI=1S/C12H13NO3/c1-3-16-12(15)11(9(2)14)7-10-5-4-6-13-8-10/h4-8H,3H2,1-2H3/b11-7+. The van der Waals surface area contributed by atoms with Crippen molar-refractivity contribution in [3.05, 3.63) is 35.7 Å². The van der Waals surface area contributed by atoms with Crippen molar-refractivity contribution in [3.63, 3.8) is 0 Å². The molecule has 0 saturated carbocycles. The predicted octanol–water partition coefficient (Wildman–Crippen LogP) is 1.62. The summed E-state index contributed by atoms with van der Waals surface area (Å²) in [6.45, 7) is 3.27. The van der Waals surface area contributed by atoms with Gasteiger partial charge >= 0.3 is 5.97 Å². The van der Waals surface area contributed by atoms with Crippen LogP contribution in [0.4, 0.5) is 0 Å². The van der Waals surface area contributed by atoms with E-state index in [0.717, 1.165) is 0 Å². The molecule has 16 heavy (non-hydrogen) atoms. The summed E-state index contributed by atoms with van der Waals surface area (Å²) in [6, 6.07) is 3.49. The molecule has 0 aliphatic carbocycles. The Morgan fingerprint density at radius 1 is 1.50 bits per heavy atom. The number of carbonyl (C=O) groups excluding carboxylic acids is 2. The maximum Gasteiger partial charge on any atom is 0.341 e. The highest BCUT2D eigenvalue weighted by Gasteiger charge is 2.15. The SMILES string of the molecule is CCOC(=O)/C(=C/c1cccnc1)C(C)=O. The van der Waals surface area contributed by atoms with Crippen LogP contribution >= 0.6 is 0 Å². The van der Waals surface area contributed by atoms with Crippen molar-refractivity contribution in [3.8, 4) is 0 Å². The van der Waals surface area contributed by atoms with Crippen molar-refractivity contribution in [1.29, 1.82) is 0 Å². The molecule has 0 N–H and O–H groups in total. The van der Waals surface area contributed by atoms with Gasteiger partial charge in [0.05, 0.1) is 6.61 Å². The van der Waals surface area contributed by atoms with Gasteiger partial charge in [-0.2, -0.15) is 0 Å². The van der Waals surface area contributed by atoms with Crippen LogP contribution in [0.5, 0.6) is 0 Å². The molecule has 4 heteroatoms. The van der Waals surface area contributed by atoms with Crippen molar-refractivity contribution in [1.82, 2.24) is 4.98 Å². The maximum absolute atomic E-state index is 11.5. The first-order valence-corrected chi connectivity index (χ1v) is 4.95. The number of Topliss-reactive ketones (excluding diaryl/α,β-unsaturated/α-hetero) is 1. The second-order valence-electron chi connectivity index (χ2n) is 3.12. The van der Waals surface area contributed by atoms with E-state index in [1.807, 2.05) is 0 Å². The molecular formula is C12H13NO3. The lowest BCUT2D eigenvalue weighted by Crippen LogP contribution is -2.13. The lowest BCUT2D eigenvalue weighted by atomic mass is 10.1. The van der Waals surface area contributed by atoms with Crippen LogP contribution in [0.3, 0.4) is 0 Å². The van der Waals surface area contributed by atoms with Gasteiger partial charge in [-0.1, -0.05) is 6.07 Å². The highest BCUT2D eigenvalue weighted by molar-refractivity contribution is 6.19. The molecule has 0 radical (unpaired) electrons. The Labute approximate surface area is 94.0 Å². The first-order chi connectivity index (χ1) is 7.65. The van der Waals surface area contributed by atoms with Gasteiger partial charge in [0.2, 0.25) is 0 Å². The first-order valence-electron chi connectivity index (χ1n) is 4.95. The lowest BCUT2D eigenvalue weighted by molar-refractivity contribution is -0.139. The van der Waals surface area contributed by atoms with E-state index in [4.69, 9.17) is 4.74 Å². The Morgan fingerprint density at radius 3 is 2.75 bits per heavy atom. The van der Waals surface area contributed by atoms with Gasteiger partial charge in [-0.3, -0.25) is 9.78 Å². The number of ketones is 1. The monoisotopic (exact) mass is 219 g/mol. The summed E-state index contributed by atoms with van der Waals surface area (Å²) in [5, 5.41) is 0. The molecule has 1 rings (SSSR count). The van der Waals surface area contributed by atoms with Gasteiger partial charge in [0.25, 0.3) is 0 Å². The zero-order chi connectivity index (χ0) is 12.0. The van der Waals surface area contributed by atoms with Gasteiger partial charge in [-0.15, -0.1) is 0 Å². The fourth-order valence-corrected chi connectivity index (χ4v) is 1.14. The molecule has 0 amide bonds. The van der Waals surface area contributed by atoms with Crippen molar-refractivity contribution >= 4 is 17.8 Å². The van der Waals surface area contributed by atoms with Crippen molar-refractivity contribution in [2.75, 3.05) is 6.61 Å². The minimum absolute atomic E-state index is 0.0369. The molecule has 0 aliphatic heterocycles. The van der Waals surface area contributed by atoms with E-state index in [9.17, 15) is 9.59 Å². The molecule has 0 fully saturated rings. The van der Waals surface area contributed by atoms with E-state index >= 15 is 0 Å². The van der Waals surface area contributed by atoms with Crippen LogP contribution in [0.1, 0.15) is 19.4 Å². The minimum atomic E-state index is -0.598. The van der Waals surface area contributed by atoms with E-state index in [1.54, 1.807) is 31.5 Å². The fourth-order valence-electron chi connectivity index (χ4n) is 1.14. The van der Waals surface area contributed by atoms with Crippen LogP contribution in [0.15, 0.2) is 30.1 Å². The molecule has 4 nitrogen and oxygen atoms in total. The van der Waals surface area contributed by atoms with Gasteiger partial charge in [0.15, 0.2) is 5.78 Å². The molecular weight excluding hydrogens is 206 g/mol. The van der Waals surface area contributed by atoms with Gasteiger partial charge in [0.1, 0.15) is 5.57 Å². The Morgan fingerprint density at radius 2 is 2.25 bits per heavy atom. The zero-order valence-electron chi connectivity index (χ0n) is 9.27. The summed E-state index contributed by atoms with van der Waals surface area (Å²) in [4.78, 5) is 26.6. The normalized spacial score (nSPS) is 11.0. The average molecular weight is 219 g/mol. The molecule has 84 valence electrons. The number of hydrogen-bond acceptors (Lipinski definition) is 4. The number of aromatic nitrogens is 1. The van der Waals surface area contributed by atoms with E-state index in [-0.39, 0.29) is 18.0 Å². The third-order valence-electron chi connectivity index (χ3n) is 1.87. The van der Waals surface area contributed by atoms with Crippen LogP contribution in [0.25, 0.3) is 6.08 Å². The highest BCUT2D eigenvalue weighted by atomic mass is 16.5. The van der Waals surface area contributed by atoms with Crippen molar-refractivity contribution < 1.29 is 14.3 Å². The Kier molecular flexibility index (Phi) is 4.39. The second kappa shape index (κ2) is 5.80. The van der Waals surface area contributed by atoms with Crippen molar-refractivity contribution in [2.24, 2.45) is 0 Å². The molecule has 0 saturated heterocycles. The summed E-state index contributed by atoms with van der Waals surface area (Å²) in [5.41, 5.74) is 0.732. The Balaban J connectivity index is 2.99. The lowest BCUT2D eigenvalue weighted by Gasteiger charge is -2.03. The topological polar surface area (TPSA) is 56.3 Å². The second-order valence-corrected chi connectivity index (χ2v) is 3.12. The molecule has 0 unspecified atom stereocenters. The quantitative estimate of drug-likeness (QED) is 0.334. The largest absolute Gasteiger partial charge is 0.462 e. The maximum atomic E-state index is 11.5. The third kappa shape index (κ3) is 3.31. The Hall–Kier alpha value is -1.97. The van der Waals surface area contributed by atoms with E-state index < -0.39 is 5.97 Å². The van der Waals surface area contributed by atoms with Crippen LogP contribution in [-0.2, 0) is 14.3 Å². The average Bonchev–Trinajstić information content (AvgIpc) is 2.27. The first kappa shape index (κ1) is 12.1. The fraction of sp³-hybridized carbons (Fsp3) is 0.250. The Bertz CT molecular complexity index is 410. The number of nitrogens with zero attached hydrogens (tertiary/aromatic N) is 1. The molecule has 0 spiro atoms. The summed E-state index contributed by atoms with van der Waals surface area (Å²) < 4.78 is 4.79. The number of carbonyl (C=O) groups is 2. The third-order valence-corrected chi connectivity index (χ3v) is 1.87. The van der Waals surface area contributed by atoms with Crippen LogP contribution < -0.4 is 0 Å².